The predicted molar refractivity (Wildman–Crippen MR) is 116 cm³/mol. The molecule has 1 N–H and O–H groups in total. The van der Waals surface area contributed by atoms with Gasteiger partial charge in [0.05, 0.1) is 29.2 Å². The van der Waals surface area contributed by atoms with Crippen LogP contribution in [0.1, 0.15) is 41.8 Å². The fraction of sp³-hybridized carbons (Fsp3) is 0.333. The van der Waals surface area contributed by atoms with Crippen LogP contribution in [-0.2, 0) is 11.3 Å². The summed E-state index contributed by atoms with van der Waals surface area (Å²) in [7, 11) is 1.65. The van der Waals surface area contributed by atoms with Gasteiger partial charge in [0.15, 0.2) is 0 Å². The third-order valence-electron chi connectivity index (χ3n) is 5.68. The number of aryl methyl sites for hydroxylation is 2. The molecule has 0 radical (unpaired) electrons. The second kappa shape index (κ2) is 6.94. The maximum Gasteiger partial charge on any atom is 0.226 e. The first-order chi connectivity index (χ1) is 14.5. The topological polar surface area (TPSA) is 86.9 Å². The number of hydrogen-bond acceptors (Lipinski definition) is 6. The van der Waals surface area contributed by atoms with Gasteiger partial charge in [0.2, 0.25) is 11.0 Å². The van der Waals surface area contributed by atoms with E-state index < -0.39 is 0 Å². The van der Waals surface area contributed by atoms with Crippen LogP contribution in [0.15, 0.2) is 24.4 Å². The Kier molecular flexibility index (Phi) is 4.35. The number of rotatable bonds is 4. The Labute approximate surface area is 177 Å². The highest BCUT2D eigenvalue weighted by Crippen LogP contribution is 2.42. The van der Waals surface area contributed by atoms with Crippen LogP contribution < -0.4 is 10.1 Å². The maximum atomic E-state index is 12.6. The van der Waals surface area contributed by atoms with E-state index in [9.17, 15) is 4.79 Å². The number of fused-ring (bicyclic) bond motifs is 2. The Morgan fingerprint density at radius 2 is 2.17 bits per heavy atom. The zero-order chi connectivity index (χ0) is 21.0. The third kappa shape index (κ3) is 2.80. The number of methoxy groups -OCH3 is 1. The Morgan fingerprint density at radius 3 is 2.90 bits per heavy atom. The number of ether oxygens (including phenoxy) is 1. The maximum absolute atomic E-state index is 12.6. The van der Waals surface area contributed by atoms with Crippen LogP contribution in [0.4, 0.5) is 5.82 Å². The molecule has 154 valence electrons. The van der Waals surface area contributed by atoms with Crippen molar-refractivity contribution in [3.05, 3.63) is 46.9 Å². The quantitative estimate of drug-likeness (QED) is 0.541. The number of benzene rings is 1. The van der Waals surface area contributed by atoms with E-state index in [1.54, 1.807) is 11.8 Å². The second-order valence-electron chi connectivity index (χ2n) is 7.40. The minimum Gasteiger partial charge on any atom is -0.497 e. The lowest BCUT2D eigenvalue weighted by Crippen LogP contribution is -2.25. The summed E-state index contributed by atoms with van der Waals surface area (Å²) in [6.07, 6.45) is 2.26. The highest BCUT2D eigenvalue weighted by molar-refractivity contribution is 7.20. The number of aromatic nitrogens is 5. The van der Waals surface area contributed by atoms with Gasteiger partial charge in [-0.25, -0.2) is 4.98 Å². The number of thiazole rings is 1. The van der Waals surface area contributed by atoms with Gasteiger partial charge in [-0.3, -0.25) is 9.48 Å². The molecule has 1 atom stereocenters. The molecule has 9 heteroatoms. The summed E-state index contributed by atoms with van der Waals surface area (Å²) in [4.78, 5) is 17.4. The Balaban J connectivity index is 1.65. The second-order valence-corrected chi connectivity index (χ2v) is 8.40. The SMILES string of the molecule is CCn1ncc([C@H]2CC(=O)Nc3c2c(C)nn3-c2nc3ccc(OC)cc3s2)c1C. The fourth-order valence-electron chi connectivity index (χ4n) is 4.18. The van der Waals surface area contributed by atoms with Crippen LogP contribution in [0, 0.1) is 13.8 Å². The van der Waals surface area contributed by atoms with Gasteiger partial charge in [-0.05, 0) is 39.0 Å². The Hall–Kier alpha value is -3.20. The molecule has 0 spiro atoms. The fourth-order valence-corrected chi connectivity index (χ4v) is 5.14. The van der Waals surface area contributed by atoms with Crippen LogP contribution >= 0.6 is 11.3 Å². The molecule has 4 aromatic rings. The molecular weight excluding hydrogens is 400 g/mol. The largest absolute Gasteiger partial charge is 0.497 e. The van der Waals surface area contributed by atoms with Gasteiger partial charge in [0.25, 0.3) is 0 Å². The van der Waals surface area contributed by atoms with E-state index in [0.29, 0.717) is 17.4 Å². The van der Waals surface area contributed by atoms with Crippen molar-refractivity contribution in [3.63, 3.8) is 0 Å². The molecule has 4 heterocycles. The van der Waals surface area contributed by atoms with Crippen LogP contribution in [0.25, 0.3) is 15.3 Å². The van der Waals surface area contributed by atoms with Crippen molar-refractivity contribution in [1.82, 2.24) is 24.5 Å². The summed E-state index contributed by atoms with van der Waals surface area (Å²) in [6.45, 7) is 6.90. The van der Waals surface area contributed by atoms with E-state index in [2.05, 4.69) is 24.3 Å². The van der Waals surface area contributed by atoms with E-state index in [-0.39, 0.29) is 11.8 Å². The molecule has 0 bridgehead atoms. The van der Waals surface area contributed by atoms with E-state index in [1.807, 2.05) is 36.0 Å². The van der Waals surface area contributed by atoms with Crippen molar-refractivity contribution in [2.75, 3.05) is 12.4 Å². The molecule has 1 amide bonds. The average molecular weight is 423 g/mol. The van der Waals surface area contributed by atoms with Crippen molar-refractivity contribution in [2.24, 2.45) is 0 Å². The highest BCUT2D eigenvalue weighted by Gasteiger charge is 2.34. The minimum atomic E-state index is -0.0720. The van der Waals surface area contributed by atoms with Gasteiger partial charge < -0.3 is 10.1 Å². The number of carbonyl (C=O) groups is 1. The zero-order valence-electron chi connectivity index (χ0n) is 17.3. The van der Waals surface area contributed by atoms with E-state index in [1.165, 1.54) is 11.3 Å². The molecule has 1 aliphatic rings. The summed E-state index contributed by atoms with van der Waals surface area (Å²) < 4.78 is 10.0. The van der Waals surface area contributed by atoms with Gasteiger partial charge in [-0.15, -0.1) is 0 Å². The van der Waals surface area contributed by atoms with Gasteiger partial charge in [-0.1, -0.05) is 11.3 Å². The molecule has 30 heavy (non-hydrogen) atoms. The molecular formula is C21H22N6O2S. The molecule has 0 aliphatic carbocycles. The predicted octanol–water partition coefficient (Wildman–Crippen LogP) is 3.80. The van der Waals surface area contributed by atoms with Crippen molar-refractivity contribution < 1.29 is 9.53 Å². The van der Waals surface area contributed by atoms with Crippen molar-refractivity contribution in [3.8, 4) is 10.9 Å². The molecule has 5 rings (SSSR count). The van der Waals surface area contributed by atoms with Gasteiger partial charge in [0.1, 0.15) is 11.6 Å². The monoisotopic (exact) mass is 422 g/mol. The molecule has 0 fully saturated rings. The average Bonchev–Trinajstić information content (AvgIpc) is 3.41. The van der Waals surface area contributed by atoms with Crippen LogP contribution in [-0.4, -0.2) is 37.6 Å². The number of carbonyl (C=O) groups excluding carboxylic acids is 1. The first-order valence-electron chi connectivity index (χ1n) is 9.86. The lowest BCUT2D eigenvalue weighted by atomic mass is 9.86. The summed E-state index contributed by atoms with van der Waals surface area (Å²) >= 11 is 1.52. The molecule has 1 aromatic carbocycles. The number of amides is 1. The number of anilines is 1. The normalized spacial score (nSPS) is 16.0. The van der Waals surface area contributed by atoms with E-state index in [0.717, 1.165) is 45.0 Å². The van der Waals surface area contributed by atoms with Gasteiger partial charge in [0, 0.05) is 35.7 Å². The third-order valence-corrected chi connectivity index (χ3v) is 6.68. The Bertz CT molecular complexity index is 1280. The Morgan fingerprint density at radius 1 is 1.33 bits per heavy atom. The first-order valence-corrected chi connectivity index (χ1v) is 10.7. The zero-order valence-corrected chi connectivity index (χ0v) is 18.1. The van der Waals surface area contributed by atoms with Crippen molar-refractivity contribution in [2.45, 2.75) is 39.7 Å². The smallest absolute Gasteiger partial charge is 0.226 e. The summed E-state index contributed by atoms with van der Waals surface area (Å²) in [6, 6.07) is 5.78. The highest BCUT2D eigenvalue weighted by atomic mass is 32.1. The van der Waals surface area contributed by atoms with Crippen molar-refractivity contribution in [1.29, 1.82) is 0 Å². The molecule has 0 saturated carbocycles. The summed E-state index contributed by atoms with van der Waals surface area (Å²) in [5.41, 5.74) is 4.95. The number of nitrogens with zero attached hydrogens (tertiary/aromatic N) is 5. The number of hydrogen-bond donors (Lipinski definition) is 1. The molecule has 0 unspecified atom stereocenters. The lowest BCUT2D eigenvalue weighted by Gasteiger charge is -2.23. The van der Waals surface area contributed by atoms with Crippen molar-refractivity contribution >= 4 is 33.3 Å². The van der Waals surface area contributed by atoms with E-state index >= 15 is 0 Å². The molecule has 8 nitrogen and oxygen atoms in total. The first kappa shape index (κ1) is 18.8. The van der Waals surface area contributed by atoms with Gasteiger partial charge in [-0.2, -0.15) is 14.9 Å². The molecule has 0 saturated heterocycles. The standard InChI is InChI=1S/C21H22N6O2S/c1-5-26-12(3)15(10-22-26)14-9-18(28)24-20-19(14)11(2)25-27(20)21-23-16-7-6-13(29-4)8-17(16)30-21/h6-8,10,14H,5,9H2,1-4H3,(H,24,28)/t14-/m1/s1. The van der Waals surface area contributed by atoms with E-state index in [4.69, 9.17) is 14.8 Å². The lowest BCUT2D eigenvalue weighted by molar-refractivity contribution is -0.116. The van der Waals surface area contributed by atoms with Crippen LogP contribution in [0.2, 0.25) is 0 Å². The van der Waals surface area contributed by atoms with Crippen LogP contribution in [0.5, 0.6) is 5.75 Å². The summed E-state index contributed by atoms with van der Waals surface area (Å²) in [5.74, 6) is 1.38. The number of nitrogens with one attached hydrogen (secondary N) is 1. The molecule has 1 aliphatic heterocycles. The van der Waals surface area contributed by atoms with Crippen LogP contribution in [0.3, 0.4) is 0 Å². The van der Waals surface area contributed by atoms with Gasteiger partial charge >= 0.3 is 0 Å². The molecule has 3 aromatic heterocycles. The summed E-state index contributed by atoms with van der Waals surface area (Å²) in [5, 5.41) is 13.0. The minimum absolute atomic E-state index is 0.0277.